The van der Waals surface area contributed by atoms with E-state index in [2.05, 4.69) is 15.1 Å². The lowest BCUT2D eigenvalue weighted by Gasteiger charge is -1.99. The number of nitrogens with zero attached hydrogens (tertiary/aromatic N) is 4. The first kappa shape index (κ1) is 11.9. The monoisotopic (exact) mass is 258 g/mol. The van der Waals surface area contributed by atoms with Crippen molar-refractivity contribution in [1.82, 2.24) is 19.7 Å². The van der Waals surface area contributed by atoms with E-state index in [0.717, 1.165) is 23.0 Å². The molecule has 0 aliphatic carbocycles. The third kappa shape index (κ3) is 2.10. The van der Waals surface area contributed by atoms with Gasteiger partial charge in [-0.25, -0.2) is 4.98 Å². The molecule has 0 amide bonds. The summed E-state index contributed by atoms with van der Waals surface area (Å²) < 4.78 is 7.01. The summed E-state index contributed by atoms with van der Waals surface area (Å²) in [4.78, 5) is 8.62. The van der Waals surface area contributed by atoms with E-state index in [9.17, 15) is 5.11 Å². The zero-order chi connectivity index (χ0) is 13.2. The van der Waals surface area contributed by atoms with E-state index in [1.54, 1.807) is 6.20 Å². The molecular weight excluding hydrogens is 244 g/mol. The summed E-state index contributed by atoms with van der Waals surface area (Å²) in [6.45, 7) is 2.44. The van der Waals surface area contributed by atoms with E-state index in [4.69, 9.17) is 4.52 Å². The van der Waals surface area contributed by atoms with Gasteiger partial charge in [0.15, 0.2) is 5.82 Å². The van der Waals surface area contributed by atoms with Crippen molar-refractivity contribution >= 4 is 11.0 Å². The quantitative estimate of drug-likeness (QED) is 0.767. The van der Waals surface area contributed by atoms with Crippen LogP contribution in [0.1, 0.15) is 24.2 Å². The lowest BCUT2D eigenvalue weighted by molar-refractivity contribution is 0.283. The van der Waals surface area contributed by atoms with Crippen LogP contribution in [0.5, 0.6) is 0 Å². The van der Waals surface area contributed by atoms with Crippen molar-refractivity contribution in [1.29, 1.82) is 0 Å². The summed E-state index contributed by atoms with van der Waals surface area (Å²) in [5.41, 5.74) is 1.66. The highest BCUT2D eigenvalue weighted by molar-refractivity contribution is 5.80. The number of hydrogen-bond acceptors (Lipinski definition) is 5. The molecule has 6 nitrogen and oxygen atoms in total. The Morgan fingerprint density at radius 2 is 2.32 bits per heavy atom. The minimum atomic E-state index is -0.0123. The number of hydrogen-bond donors (Lipinski definition) is 1. The van der Waals surface area contributed by atoms with Crippen molar-refractivity contribution in [3.8, 4) is 0 Å². The summed E-state index contributed by atoms with van der Waals surface area (Å²) in [7, 11) is 0. The molecule has 98 valence electrons. The van der Waals surface area contributed by atoms with Gasteiger partial charge in [-0.05, 0) is 12.1 Å². The summed E-state index contributed by atoms with van der Waals surface area (Å²) >= 11 is 0. The van der Waals surface area contributed by atoms with Crippen molar-refractivity contribution in [2.24, 2.45) is 0 Å². The fraction of sp³-hybridized carbons (Fsp3) is 0.308. The molecule has 0 saturated carbocycles. The number of pyridine rings is 1. The van der Waals surface area contributed by atoms with Crippen LogP contribution in [0, 0.1) is 0 Å². The second kappa shape index (κ2) is 4.81. The van der Waals surface area contributed by atoms with Crippen LogP contribution in [0.25, 0.3) is 11.0 Å². The van der Waals surface area contributed by atoms with Crippen LogP contribution in [0.4, 0.5) is 0 Å². The normalized spacial score (nSPS) is 11.3. The third-order valence-electron chi connectivity index (χ3n) is 3.01. The second-order valence-corrected chi connectivity index (χ2v) is 4.27. The maximum atomic E-state index is 9.37. The van der Waals surface area contributed by atoms with Crippen molar-refractivity contribution in [2.75, 3.05) is 0 Å². The Morgan fingerprint density at radius 3 is 3.05 bits per heavy atom. The van der Waals surface area contributed by atoms with Crippen molar-refractivity contribution in [3.05, 3.63) is 41.8 Å². The third-order valence-corrected chi connectivity index (χ3v) is 3.01. The molecule has 3 heterocycles. The van der Waals surface area contributed by atoms with Crippen molar-refractivity contribution < 1.29 is 9.63 Å². The Kier molecular flexibility index (Phi) is 3.00. The minimum Gasteiger partial charge on any atom is -0.392 e. The SMILES string of the molecule is CCc1nc(Cn2cc(CO)c3cccnc32)no1. The van der Waals surface area contributed by atoms with Crippen LogP contribution in [0.3, 0.4) is 0 Å². The molecule has 0 unspecified atom stereocenters. The van der Waals surface area contributed by atoms with Gasteiger partial charge in [0.1, 0.15) is 5.65 Å². The molecule has 3 rings (SSSR count). The second-order valence-electron chi connectivity index (χ2n) is 4.27. The van der Waals surface area contributed by atoms with E-state index < -0.39 is 0 Å². The van der Waals surface area contributed by atoms with Gasteiger partial charge in [0, 0.05) is 29.8 Å². The molecule has 0 aliphatic rings. The Bertz CT molecular complexity index is 702. The first-order valence-electron chi connectivity index (χ1n) is 6.17. The highest BCUT2D eigenvalue weighted by atomic mass is 16.5. The number of aryl methyl sites for hydroxylation is 1. The Labute approximate surface area is 109 Å². The van der Waals surface area contributed by atoms with E-state index in [0.29, 0.717) is 18.3 Å². The first-order chi connectivity index (χ1) is 9.31. The molecule has 1 N–H and O–H groups in total. The predicted molar refractivity (Wildman–Crippen MR) is 68.4 cm³/mol. The highest BCUT2D eigenvalue weighted by Crippen LogP contribution is 2.20. The van der Waals surface area contributed by atoms with Gasteiger partial charge in [-0.2, -0.15) is 4.98 Å². The Morgan fingerprint density at radius 1 is 1.42 bits per heavy atom. The summed E-state index contributed by atoms with van der Waals surface area (Å²) in [5.74, 6) is 1.24. The Balaban J connectivity index is 2.00. The van der Waals surface area contributed by atoms with Crippen molar-refractivity contribution in [3.63, 3.8) is 0 Å². The number of aliphatic hydroxyl groups excluding tert-OH is 1. The summed E-state index contributed by atoms with van der Waals surface area (Å²) in [6, 6.07) is 3.80. The molecule has 0 fully saturated rings. The van der Waals surface area contributed by atoms with E-state index in [1.807, 2.05) is 29.8 Å². The lowest BCUT2D eigenvalue weighted by atomic mass is 10.2. The maximum absolute atomic E-state index is 9.37. The van der Waals surface area contributed by atoms with E-state index >= 15 is 0 Å². The fourth-order valence-corrected chi connectivity index (χ4v) is 2.09. The van der Waals surface area contributed by atoms with E-state index in [1.165, 1.54) is 0 Å². The van der Waals surface area contributed by atoms with Crippen LogP contribution >= 0.6 is 0 Å². The average Bonchev–Trinajstić information content (AvgIpc) is 3.04. The summed E-state index contributed by atoms with van der Waals surface area (Å²) in [6.07, 6.45) is 4.33. The van der Waals surface area contributed by atoms with Crippen molar-refractivity contribution in [2.45, 2.75) is 26.5 Å². The van der Waals surface area contributed by atoms with Crippen LogP contribution in [0.15, 0.2) is 29.0 Å². The topological polar surface area (TPSA) is 77.0 Å². The molecule has 0 bridgehead atoms. The van der Waals surface area contributed by atoms with Crippen LogP contribution in [-0.4, -0.2) is 24.8 Å². The fourth-order valence-electron chi connectivity index (χ4n) is 2.09. The number of fused-ring (bicyclic) bond motifs is 1. The van der Waals surface area contributed by atoms with Crippen LogP contribution < -0.4 is 0 Å². The first-order valence-corrected chi connectivity index (χ1v) is 6.17. The number of aromatic nitrogens is 4. The molecule has 0 aliphatic heterocycles. The molecule has 0 atom stereocenters. The van der Waals surface area contributed by atoms with Gasteiger partial charge in [0.2, 0.25) is 5.89 Å². The molecule has 0 spiro atoms. The number of rotatable bonds is 4. The largest absolute Gasteiger partial charge is 0.392 e. The number of aliphatic hydroxyl groups is 1. The van der Waals surface area contributed by atoms with Gasteiger partial charge in [-0.1, -0.05) is 12.1 Å². The van der Waals surface area contributed by atoms with Crippen LogP contribution in [-0.2, 0) is 19.6 Å². The van der Waals surface area contributed by atoms with Gasteiger partial charge in [0.05, 0.1) is 13.2 Å². The highest BCUT2D eigenvalue weighted by Gasteiger charge is 2.11. The predicted octanol–water partition coefficient (Wildman–Crippen LogP) is 1.52. The Hall–Kier alpha value is -2.21. The molecule has 0 radical (unpaired) electrons. The standard InChI is InChI=1S/C13H14N4O2/c1-2-12-15-11(16-19-12)7-17-6-9(8-18)10-4-3-5-14-13(10)17/h3-6,18H,2,7-8H2,1H3. The molecule has 3 aromatic rings. The van der Waals surface area contributed by atoms with Gasteiger partial charge < -0.3 is 14.2 Å². The van der Waals surface area contributed by atoms with E-state index in [-0.39, 0.29) is 6.61 Å². The van der Waals surface area contributed by atoms with Gasteiger partial charge in [-0.3, -0.25) is 0 Å². The molecule has 6 heteroatoms. The molecule has 0 saturated heterocycles. The minimum absolute atomic E-state index is 0.0123. The zero-order valence-corrected chi connectivity index (χ0v) is 10.6. The lowest BCUT2D eigenvalue weighted by Crippen LogP contribution is -2.01. The molecule has 3 aromatic heterocycles. The van der Waals surface area contributed by atoms with Crippen LogP contribution in [0.2, 0.25) is 0 Å². The van der Waals surface area contributed by atoms with Gasteiger partial charge in [-0.15, -0.1) is 0 Å². The summed E-state index contributed by atoms with van der Waals surface area (Å²) in [5, 5.41) is 14.2. The molecular formula is C13H14N4O2. The van der Waals surface area contributed by atoms with Gasteiger partial charge in [0.25, 0.3) is 0 Å². The smallest absolute Gasteiger partial charge is 0.226 e. The molecule has 19 heavy (non-hydrogen) atoms. The maximum Gasteiger partial charge on any atom is 0.226 e. The van der Waals surface area contributed by atoms with Gasteiger partial charge >= 0.3 is 0 Å². The zero-order valence-electron chi connectivity index (χ0n) is 10.6. The average molecular weight is 258 g/mol. The molecule has 0 aromatic carbocycles.